The van der Waals surface area contributed by atoms with Crippen LogP contribution in [0.3, 0.4) is 0 Å². The minimum atomic E-state index is 0.558. The first kappa shape index (κ1) is 10.9. The van der Waals surface area contributed by atoms with E-state index >= 15 is 0 Å². The van der Waals surface area contributed by atoms with Crippen molar-refractivity contribution in [2.24, 2.45) is 5.92 Å². The standard InChI is InChI=1S/C10H20N2S/c1-4-9(7-13-3)12(2)10(11)8-5-6-8/h8-9,11H,4-7H2,1-3H3. The zero-order valence-corrected chi connectivity index (χ0v) is 9.66. The maximum Gasteiger partial charge on any atom is 0.0989 e. The number of thioether (sulfide) groups is 1. The van der Waals surface area contributed by atoms with Gasteiger partial charge in [-0.2, -0.15) is 11.8 Å². The highest BCUT2D eigenvalue weighted by molar-refractivity contribution is 7.98. The van der Waals surface area contributed by atoms with Crippen LogP contribution in [0.4, 0.5) is 0 Å². The van der Waals surface area contributed by atoms with Gasteiger partial charge >= 0.3 is 0 Å². The molecule has 0 heterocycles. The Kier molecular flexibility index (Phi) is 4.10. The lowest BCUT2D eigenvalue weighted by atomic mass is 10.2. The zero-order chi connectivity index (χ0) is 9.84. The minimum absolute atomic E-state index is 0.558. The normalized spacial score (nSPS) is 18.4. The minimum Gasteiger partial charge on any atom is -0.360 e. The van der Waals surface area contributed by atoms with E-state index in [4.69, 9.17) is 5.41 Å². The summed E-state index contributed by atoms with van der Waals surface area (Å²) >= 11 is 1.87. The van der Waals surface area contributed by atoms with Gasteiger partial charge in [0, 0.05) is 24.8 Å². The molecule has 3 heteroatoms. The molecule has 1 saturated carbocycles. The Balaban J connectivity index is 2.41. The van der Waals surface area contributed by atoms with E-state index in [1.807, 2.05) is 11.8 Å². The Morgan fingerprint density at radius 1 is 1.62 bits per heavy atom. The molecule has 2 nitrogen and oxygen atoms in total. The highest BCUT2D eigenvalue weighted by Crippen LogP contribution is 2.31. The van der Waals surface area contributed by atoms with Crippen molar-refractivity contribution in [3.05, 3.63) is 0 Å². The Labute approximate surface area is 85.6 Å². The van der Waals surface area contributed by atoms with Crippen molar-refractivity contribution in [3.8, 4) is 0 Å². The van der Waals surface area contributed by atoms with Crippen LogP contribution >= 0.6 is 11.8 Å². The number of nitrogens with zero attached hydrogens (tertiary/aromatic N) is 1. The van der Waals surface area contributed by atoms with Crippen LogP contribution in [0.1, 0.15) is 26.2 Å². The Morgan fingerprint density at radius 2 is 2.23 bits per heavy atom. The van der Waals surface area contributed by atoms with Crippen LogP contribution in [0.2, 0.25) is 0 Å². The maximum atomic E-state index is 7.94. The third-order valence-corrected chi connectivity index (χ3v) is 3.44. The molecule has 1 atom stereocenters. The van der Waals surface area contributed by atoms with Crippen molar-refractivity contribution in [2.45, 2.75) is 32.2 Å². The van der Waals surface area contributed by atoms with E-state index in [0.717, 1.165) is 18.0 Å². The van der Waals surface area contributed by atoms with E-state index in [2.05, 4.69) is 25.1 Å². The van der Waals surface area contributed by atoms with Gasteiger partial charge in [0.1, 0.15) is 0 Å². The van der Waals surface area contributed by atoms with Gasteiger partial charge in [-0.25, -0.2) is 0 Å². The fourth-order valence-electron chi connectivity index (χ4n) is 1.54. The van der Waals surface area contributed by atoms with Crippen LogP contribution in [-0.2, 0) is 0 Å². The van der Waals surface area contributed by atoms with Crippen LogP contribution in [0.15, 0.2) is 0 Å². The van der Waals surface area contributed by atoms with E-state index in [-0.39, 0.29) is 0 Å². The summed E-state index contributed by atoms with van der Waals surface area (Å²) in [6.45, 7) is 2.21. The second kappa shape index (κ2) is 4.89. The molecule has 1 unspecified atom stereocenters. The number of hydrogen-bond donors (Lipinski definition) is 1. The first-order chi connectivity index (χ1) is 6.20. The van der Waals surface area contributed by atoms with Crippen LogP contribution in [0.5, 0.6) is 0 Å². The van der Waals surface area contributed by atoms with E-state index < -0.39 is 0 Å². The second-order valence-electron chi connectivity index (χ2n) is 3.79. The molecule has 0 amide bonds. The number of nitrogens with one attached hydrogen (secondary N) is 1. The molecular formula is C10H20N2S. The Morgan fingerprint density at radius 3 is 2.62 bits per heavy atom. The van der Waals surface area contributed by atoms with Crippen molar-refractivity contribution in [1.82, 2.24) is 4.90 Å². The van der Waals surface area contributed by atoms with Gasteiger partial charge in [0.15, 0.2) is 0 Å². The lowest BCUT2D eigenvalue weighted by Gasteiger charge is -2.29. The van der Waals surface area contributed by atoms with Gasteiger partial charge in [-0.3, -0.25) is 5.41 Å². The summed E-state index contributed by atoms with van der Waals surface area (Å²) in [7, 11) is 2.07. The molecule has 1 N–H and O–H groups in total. The van der Waals surface area contributed by atoms with Crippen LogP contribution in [-0.4, -0.2) is 35.8 Å². The average Bonchev–Trinajstić information content (AvgIpc) is 2.95. The molecule has 0 aromatic heterocycles. The monoisotopic (exact) mass is 200 g/mol. The summed E-state index contributed by atoms with van der Waals surface area (Å²) < 4.78 is 0. The topological polar surface area (TPSA) is 27.1 Å². The molecule has 0 bridgehead atoms. The van der Waals surface area contributed by atoms with Gasteiger partial charge in [-0.05, 0) is 25.5 Å². The number of hydrogen-bond acceptors (Lipinski definition) is 2. The molecule has 0 aliphatic heterocycles. The van der Waals surface area contributed by atoms with E-state index in [9.17, 15) is 0 Å². The lowest BCUT2D eigenvalue weighted by Crippen LogP contribution is -2.38. The molecule has 1 aliphatic carbocycles. The summed E-state index contributed by atoms with van der Waals surface area (Å²) in [4.78, 5) is 2.17. The van der Waals surface area contributed by atoms with Crippen molar-refractivity contribution in [3.63, 3.8) is 0 Å². The largest absolute Gasteiger partial charge is 0.360 e. The molecule has 1 fully saturated rings. The van der Waals surface area contributed by atoms with E-state index in [0.29, 0.717) is 12.0 Å². The van der Waals surface area contributed by atoms with Gasteiger partial charge < -0.3 is 4.90 Å². The van der Waals surface area contributed by atoms with Crippen molar-refractivity contribution in [1.29, 1.82) is 5.41 Å². The lowest BCUT2D eigenvalue weighted by molar-refractivity contribution is 0.375. The molecule has 0 aromatic rings. The SMILES string of the molecule is CCC(CSC)N(C)C(=N)C1CC1. The van der Waals surface area contributed by atoms with E-state index in [1.165, 1.54) is 12.8 Å². The van der Waals surface area contributed by atoms with Gasteiger partial charge in [-0.15, -0.1) is 0 Å². The highest BCUT2D eigenvalue weighted by atomic mass is 32.2. The fourth-order valence-corrected chi connectivity index (χ4v) is 2.38. The number of amidine groups is 1. The third kappa shape index (κ3) is 2.90. The molecule has 1 rings (SSSR count). The van der Waals surface area contributed by atoms with Crippen LogP contribution in [0.25, 0.3) is 0 Å². The first-order valence-electron chi connectivity index (χ1n) is 5.00. The predicted molar refractivity (Wildman–Crippen MR) is 60.7 cm³/mol. The quantitative estimate of drug-likeness (QED) is 0.545. The van der Waals surface area contributed by atoms with E-state index in [1.54, 1.807) is 0 Å². The third-order valence-electron chi connectivity index (χ3n) is 2.72. The second-order valence-corrected chi connectivity index (χ2v) is 4.70. The molecule has 0 saturated heterocycles. The van der Waals surface area contributed by atoms with Crippen molar-refractivity contribution >= 4 is 17.6 Å². The maximum absolute atomic E-state index is 7.94. The predicted octanol–water partition coefficient (Wildman–Crippen LogP) is 2.45. The molecule has 0 radical (unpaired) electrons. The van der Waals surface area contributed by atoms with Gasteiger partial charge in [-0.1, -0.05) is 6.92 Å². The fraction of sp³-hybridized carbons (Fsp3) is 0.900. The first-order valence-corrected chi connectivity index (χ1v) is 6.40. The average molecular weight is 200 g/mol. The molecule has 1 aliphatic rings. The zero-order valence-electron chi connectivity index (χ0n) is 8.84. The summed E-state index contributed by atoms with van der Waals surface area (Å²) in [5.74, 6) is 2.59. The molecular weight excluding hydrogens is 180 g/mol. The van der Waals surface area contributed by atoms with Crippen LogP contribution < -0.4 is 0 Å². The summed E-state index contributed by atoms with van der Waals surface area (Å²) in [5.41, 5.74) is 0. The molecule has 13 heavy (non-hydrogen) atoms. The Hall–Kier alpha value is -0.180. The Bertz CT molecular complexity index is 178. The van der Waals surface area contributed by atoms with Gasteiger partial charge in [0.05, 0.1) is 5.84 Å². The van der Waals surface area contributed by atoms with Crippen molar-refractivity contribution < 1.29 is 0 Å². The molecule has 76 valence electrons. The molecule has 0 spiro atoms. The van der Waals surface area contributed by atoms with Gasteiger partial charge in [0.25, 0.3) is 0 Å². The summed E-state index contributed by atoms with van der Waals surface area (Å²) in [5, 5.41) is 7.94. The van der Waals surface area contributed by atoms with Crippen molar-refractivity contribution in [2.75, 3.05) is 19.1 Å². The highest BCUT2D eigenvalue weighted by Gasteiger charge is 2.30. The summed E-state index contributed by atoms with van der Waals surface area (Å²) in [6, 6.07) is 0.558. The van der Waals surface area contributed by atoms with Gasteiger partial charge in [0.2, 0.25) is 0 Å². The molecule has 0 aromatic carbocycles. The summed E-state index contributed by atoms with van der Waals surface area (Å²) in [6.07, 6.45) is 5.75. The smallest absolute Gasteiger partial charge is 0.0989 e. The van der Waals surface area contributed by atoms with Crippen LogP contribution in [0, 0.1) is 11.3 Å². The number of rotatable bonds is 5.